The maximum absolute atomic E-state index is 4.24. The lowest BCUT2D eigenvalue weighted by Crippen LogP contribution is -1.70. The fourth-order valence-corrected chi connectivity index (χ4v) is 1.54. The standard InChI is InChI=1S/C9H7N3.2ClH/c1-2-8-9(12-5-11-8)6-3-4-10-7(1)6;;/h1-5,10H,(H,11,12);2*1H. The lowest BCUT2D eigenvalue weighted by atomic mass is 10.2. The van der Waals surface area contributed by atoms with E-state index in [1.165, 1.54) is 5.39 Å². The molecule has 0 saturated carbocycles. The van der Waals surface area contributed by atoms with E-state index in [1.807, 2.05) is 18.3 Å². The first-order valence-electron chi connectivity index (χ1n) is 3.84. The van der Waals surface area contributed by atoms with Gasteiger partial charge in [-0.05, 0) is 18.2 Å². The Morgan fingerprint density at radius 1 is 0.929 bits per heavy atom. The molecule has 5 heteroatoms. The van der Waals surface area contributed by atoms with Crippen LogP contribution in [0.3, 0.4) is 0 Å². The molecule has 2 heterocycles. The fourth-order valence-electron chi connectivity index (χ4n) is 1.54. The van der Waals surface area contributed by atoms with Crippen LogP contribution in [0.1, 0.15) is 0 Å². The molecule has 0 aliphatic rings. The van der Waals surface area contributed by atoms with Crippen LogP contribution < -0.4 is 0 Å². The number of nitrogens with one attached hydrogen (secondary N) is 2. The van der Waals surface area contributed by atoms with E-state index in [1.54, 1.807) is 6.33 Å². The number of hydrogen-bond acceptors (Lipinski definition) is 1. The molecule has 14 heavy (non-hydrogen) atoms. The topological polar surface area (TPSA) is 44.5 Å². The highest BCUT2D eigenvalue weighted by molar-refractivity contribution is 6.02. The van der Waals surface area contributed by atoms with Crippen molar-refractivity contribution in [3.8, 4) is 0 Å². The third kappa shape index (κ3) is 1.35. The number of imidazole rings is 1. The molecule has 3 aromatic rings. The van der Waals surface area contributed by atoms with Crippen molar-refractivity contribution in [2.45, 2.75) is 0 Å². The van der Waals surface area contributed by atoms with Gasteiger partial charge in [0.25, 0.3) is 0 Å². The number of aromatic amines is 2. The zero-order valence-corrected chi connectivity index (χ0v) is 8.78. The molecule has 0 fully saturated rings. The largest absolute Gasteiger partial charge is 0.361 e. The molecule has 0 aliphatic carbocycles. The predicted octanol–water partition coefficient (Wildman–Crippen LogP) is 2.89. The van der Waals surface area contributed by atoms with Gasteiger partial charge in [0.2, 0.25) is 0 Å². The van der Waals surface area contributed by atoms with E-state index in [9.17, 15) is 0 Å². The first-order valence-corrected chi connectivity index (χ1v) is 3.84. The minimum atomic E-state index is 0. The van der Waals surface area contributed by atoms with Crippen LogP contribution in [0.25, 0.3) is 21.9 Å². The van der Waals surface area contributed by atoms with Gasteiger partial charge >= 0.3 is 0 Å². The Kier molecular flexibility index (Phi) is 3.03. The number of benzene rings is 1. The summed E-state index contributed by atoms with van der Waals surface area (Å²) in [5.74, 6) is 0. The van der Waals surface area contributed by atoms with Gasteiger partial charge in [0, 0.05) is 17.1 Å². The van der Waals surface area contributed by atoms with E-state index in [0.29, 0.717) is 0 Å². The number of H-pyrrole nitrogens is 2. The second-order valence-electron chi connectivity index (χ2n) is 2.80. The first kappa shape index (κ1) is 10.9. The minimum absolute atomic E-state index is 0. The highest BCUT2D eigenvalue weighted by Crippen LogP contribution is 2.20. The van der Waals surface area contributed by atoms with Gasteiger partial charge in [-0.25, -0.2) is 4.98 Å². The van der Waals surface area contributed by atoms with E-state index in [2.05, 4.69) is 21.0 Å². The van der Waals surface area contributed by atoms with E-state index >= 15 is 0 Å². The summed E-state index contributed by atoms with van der Waals surface area (Å²) in [7, 11) is 0. The predicted molar refractivity (Wildman–Crippen MR) is 62.4 cm³/mol. The number of halogens is 2. The van der Waals surface area contributed by atoms with Crippen LogP contribution in [0.15, 0.2) is 30.7 Å². The summed E-state index contributed by atoms with van der Waals surface area (Å²) in [6.07, 6.45) is 3.65. The fraction of sp³-hybridized carbons (Fsp3) is 0. The molecule has 74 valence electrons. The number of fused-ring (bicyclic) bond motifs is 3. The van der Waals surface area contributed by atoms with Crippen molar-refractivity contribution in [2.24, 2.45) is 0 Å². The van der Waals surface area contributed by atoms with Crippen molar-refractivity contribution >= 4 is 46.8 Å². The number of rotatable bonds is 0. The van der Waals surface area contributed by atoms with Crippen molar-refractivity contribution in [2.75, 3.05) is 0 Å². The highest BCUT2D eigenvalue weighted by atomic mass is 35.5. The first-order chi connectivity index (χ1) is 5.95. The molecule has 0 saturated heterocycles. The molecule has 3 rings (SSSR count). The Morgan fingerprint density at radius 3 is 2.57 bits per heavy atom. The molecule has 0 radical (unpaired) electrons. The van der Waals surface area contributed by atoms with E-state index in [-0.39, 0.29) is 24.8 Å². The second kappa shape index (κ2) is 3.90. The van der Waals surface area contributed by atoms with Crippen LogP contribution in [0.2, 0.25) is 0 Å². The second-order valence-corrected chi connectivity index (χ2v) is 2.80. The third-order valence-corrected chi connectivity index (χ3v) is 2.12. The normalized spacial score (nSPS) is 9.71. The van der Waals surface area contributed by atoms with Gasteiger partial charge in [-0.2, -0.15) is 0 Å². The lowest BCUT2D eigenvalue weighted by molar-refractivity contribution is 1.35. The van der Waals surface area contributed by atoms with E-state index < -0.39 is 0 Å². The SMILES string of the molecule is Cl.Cl.c1cc2c(ccc3[nH]cnc32)[nH]1. The Balaban J connectivity index is 0.000000490. The van der Waals surface area contributed by atoms with Crippen molar-refractivity contribution in [1.29, 1.82) is 0 Å². The lowest BCUT2D eigenvalue weighted by Gasteiger charge is -1.89. The summed E-state index contributed by atoms with van der Waals surface area (Å²) in [4.78, 5) is 10.5. The molecular weight excluding hydrogens is 221 g/mol. The zero-order valence-electron chi connectivity index (χ0n) is 7.15. The number of aromatic nitrogens is 3. The van der Waals surface area contributed by atoms with Crippen molar-refractivity contribution in [3.05, 3.63) is 30.7 Å². The Bertz CT molecular complexity index is 491. The average Bonchev–Trinajstić information content (AvgIpc) is 2.71. The average molecular weight is 230 g/mol. The summed E-state index contributed by atoms with van der Waals surface area (Å²) in [5.41, 5.74) is 3.26. The van der Waals surface area contributed by atoms with Gasteiger partial charge in [0.05, 0.1) is 17.4 Å². The summed E-state index contributed by atoms with van der Waals surface area (Å²) < 4.78 is 0. The van der Waals surface area contributed by atoms with Gasteiger partial charge in [-0.1, -0.05) is 0 Å². The van der Waals surface area contributed by atoms with Crippen LogP contribution in [0.5, 0.6) is 0 Å². The Labute approximate surface area is 92.7 Å². The van der Waals surface area contributed by atoms with Crippen molar-refractivity contribution in [1.82, 2.24) is 15.0 Å². The van der Waals surface area contributed by atoms with Gasteiger partial charge in [0.1, 0.15) is 0 Å². The highest BCUT2D eigenvalue weighted by Gasteiger charge is 2.01. The van der Waals surface area contributed by atoms with Gasteiger partial charge < -0.3 is 9.97 Å². The quantitative estimate of drug-likeness (QED) is 0.612. The molecule has 0 unspecified atom stereocenters. The molecule has 1 aromatic carbocycles. The van der Waals surface area contributed by atoms with Crippen LogP contribution in [-0.2, 0) is 0 Å². The molecule has 0 bridgehead atoms. The summed E-state index contributed by atoms with van der Waals surface area (Å²) in [6.45, 7) is 0. The summed E-state index contributed by atoms with van der Waals surface area (Å²) >= 11 is 0. The molecular formula is C9H9Cl2N3. The van der Waals surface area contributed by atoms with E-state index in [0.717, 1.165) is 16.6 Å². The molecule has 0 spiro atoms. The van der Waals surface area contributed by atoms with Crippen LogP contribution in [0, 0.1) is 0 Å². The van der Waals surface area contributed by atoms with E-state index in [4.69, 9.17) is 0 Å². The van der Waals surface area contributed by atoms with Crippen molar-refractivity contribution in [3.63, 3.8) is 0 Å². The molecule has 2 N–H and O–H groups in total. The van der Waals surface area contributed by atoms with Crippen molar-refractivity contribution < 1.29 is 0 Å². The monoisotopic (exact) mass is 229 g/mol. The Morgan fingerprint density at radius 2 is 1.71 bits per heavy atom. The number of hydrogen-bond donors (Lipinski definition) is 2. The molecule has 2 aromatic heterocycles. The van der Waals surface area contributed by atoms with Crippen LogP contribution in [0.4, 0.5) is 0 Å². The molecule has 0 amide bonds. The summed E-state index contributed by atoms with van der Waals surface area (Å²) in [6, 6.07) is 6.12. The van der Waals surface area contributed by atoms with Crippen LogP contribution >= 0.6 is 24.8 Å². The Hall–Kier alpha value is -1.19. The molecule has 0 aliphatic heterocycles. The zero-order chi connectivity index (χ0) is 7.97. The smallest absolute Gasteiger partial charge is 0.0976 e. The minimum Gasteiger partial charge on any atom is -0.361 e. The number of nitrogens with zero attached hydrogens (tertiary/aromatic N) is 1. The van der Waals surface area contributed by atoms with Gasteiger partial charge in [0.15, 0.2) is 0 Å². The third-order valence-electron chi connectivity index (χ3n) is 2.12. The van der Waals surface area contributed by atoms with Gasteiger partial charge in [-0.3, -0.25) is 0 Å². The maximum atomic E-state index is 4.24. The molecule has 0 atom stereocenters. The van der Waals surface area contributed by atoms with Crippen LogP contribution in [-0.4, -0.2) is 15.0 Å². The maximum Gasteiger partial charge on any atom is 0.0976 e. The van der Waals surface area contributed by atoms with Gasteiger partial charge in [-0.15, -0.1) is 24.8 Å². The summed E-state index contributed by atoms with van der Waals surface area (Å²) in [5, 5.41) is 1.17. The molecule has 3 nitrogen and oxygen atoms in total.